The molecular formula is C15H18ClN5OS. The number of hydrogen-bond acceptors (Lipinski definition) is 4. The van der Waals surface area contributed by atoms with Gasteiger partial charge in [0.15, 0.2) is 10.9 Å². The van der Waals surface area contributed by atoms with E-state index in [0.717, 1.165) is 16.9 Å². The average Bonchev–Trinajstić information content (AvgIpc) is 2.80. The summed E-state index contributed by atoms with van der Waals surface area (Å²) < 4.78 is 1.56. The quantitative estimate of drug-likeness (QED) is 0.495. The van der Waals surface area contributed by atoms with E-state index in [2.05, 4.69) is 20.9 Å². The molecule has 0 saturated heterocycles. The van der Waals surface area contributed by atoms with Crippen molar-refractivity contribution >= 4 is 40.1 Å². The Kier molecular flexibility index (Phi) is 5.68. The zero-order valence-electron chi connectivity index (χ0n) is 13.3. The number of carbonyl (C=O) groups excluding carboxylic acids is 1. The van der Waals surface area contributed by atoms with Crippen molar-refractivity contribution in [2.75, 3.05) is 6.26 Å². The van der Waals surface area contributed by atoms with Gasteiger partial charge in [0.2, 0.25) is 0 Å². The monoisotopic (exact) mass is 351 g/mol. The summed E-state index contributed by atoms with van der Waals surface area (Å²) in [7, 11) is 1.73. The summed E-state index contributed by atoms with van der Waals surface area (Å²) >= 11 is 7.48. The number of hydrogen-bond donors (Lipinski definition) is 2. The molecule has 2 rings (SSSR count). The van der Waals surface area contributed by atoms with Crippen LogP contribution in [0.15, 0.2) is 29.3 Å². The molecule has 1 aromatic heterocycles. The highest BCUT2D eigenvalue weighted by molar-refractivity contribution is 8.13. The van der Waals surface area contributed by atoms with Gasteiger partial charge in [-0.3, -0.25) is 20.3 Å². The predicted molar refractivity (Wildman–Crippen MR) is 95.3 cm³/mol. The minimum absolute atomic E-state index is 0.176. The van der Waals surface area contributed by atoms with E-state index < -0.39 is 5.91 Å². The zero-order valence-corrected chi connectivity index (χ0v) is 14.9. The average molecular weight is 352 g/mol. The number of aliphatic imine (C=N–C) groups is 1. The van der Waals surface area contributed by atoms with Crippen molar-refractivity contribution in [3.8, 4) is 0 Å². The minimum atomic E-state index is -0.413. The molecule has 2 N–H and O–H groups in total. The number of aryl methyl sites for hydroxylation is 2. The van der Waals surface area contributed by atoms with E-state index in [1.54, 1.807) is 18.7 Å². The standard InChI is InChI=1S/C15H18ClN5OS/c1-9-5-7-11(8-6-9)17-15(23-4)19-18-14(22)13-12(16)10(2)21(3)20-13/h5-8H,1-4H3,(H,17,19)(H,18,22). The number of nitrogens with zero attached hydrogens (tertiary/aromatic N) is 3. The number of hydrazine groups is 1. The van der Waals surface area contributed by atoms with Gasteiger partial charge in [0.25, 0.3) is 5.91 Å². The number of halogens is 1. The lowest BCUT2D eigenvalue weighted by Gasteiger charge is -2.08. The highest BCUT2D eigenvalue weighted by Crippen LogP contribution is 2.19. The third-order valence-electron chi connectivity index (χ3n) is 3.22. The first kappa shape index (κ1) is 17.4. The van der Waals surface area contributed by atoms with Crippen LogP contribution in [0.4, 0.5) is 5.69 Å². The smallest absolute Gasteiger partial charge is 0.276 e. The van der Waals surface area contributed by atoms with Gasteiger partial charge in [-0.05, 0) is 32.2 Å². The highest BCUT2D eigenvalue weighted by Gasteiger charge is 2.18. The van der Waals surface area contributed by atoms with Crippen LogP contribution in [-0.4, -0.2) is 27.1 Å². The van der Waals surface area contributed by atoms with Gasteiger partial charge in [0.05, 0.1) is 16.4 Å². The topological polar surface area (TPSA) is 71.3 Å². The summed E-state index contributed by atoms with van der Waals surface area (Å²) in [5.41, 5.74) is 8.22. The Bertz CT molecular complexity index is 739. The van der Waals surface area contributed by atoms with E-state index in [0.29, 0.717) is 10.2 Å². The maximum Gasteiger partial charge on any atom is 0.291 e. The van der Waals surface area contributed by atoms with Gasteiger partial charge in [0.1, 0.15) is 0 Å². The molecule has 0 unspecified atom stereocenters. The number of carbonyl (C=O) groups is 1. The lowest BCUT2D eigenvalue weighted by Crippen LogP contribution is -2.40. The number of rotatable bonds is 2. The molecule has 1 heterocycles. The number of aromatic nitrogens is 2. The van der Waals surface area contributed by atoms with Crippen molar-refractivity contribution in [2.45, 2.75) is 13.8 Å². The Hall–Kier alpha value is -1.99. The molecular weight excluding hydrogens is 334 g/mol. The molecule has 122 valence electrons. The van der Waals surface area contributed by atoms with E-state index in [4.69, 9.17) is 11.6 Å². The van der Waals surface area contributed by atoms with Crippen molar-refractivity contribution in [1.82, 2.24) is 20.6 Å². The molecule has 0 atom stereocenters. The summed E-state index contributed by atoms with van der Waals surface area (Å²) in [5, 5.41) is 4.99. The van der Waals surface area contributed by atoms with Crippen LogP contribution in [0.25, 0.3) is 0 Å². The fourth-order valence-corrected chi connectivity index (χ4v) is 2.35. The Balaban J connectivity index is 2.06. The molecule has 0 fully saturated rings. The maximum absolute atomic E-state index is 12.2. The maximum atomic E-state index is 12.2. The molecule has 0 spiro atoms. The number of thioether (sulfide) groups is 1. The van der Waals surface area contributed by atoms with E-state index in [1.807, 2.05) is 37.4 Å². The van der Waals surface area contributed by atoms with Crippen molar-refractivity contribution in [1.29, 1.82) is 0 Å². The second-order valence-corrected chi connectivity index (χ2v) is 6.08. The Morgan fingerprint density at radius 1 is 1.26 bits per heavy atom. The number of amidine groups is 1. The van der Waals surface area contributed by atoms with Gasteiger partial charge in [-0.15, -0.1) is 0 Å². The van der Waals surface area contributed by atoms with E-state index in [1.165, 1.54) is 11.8 Å². The van der Waals surface area contributed by atoms with Crippen LogP contribution in [0, 0.1) is 13.8 Å². The van der Waals surface area contributed by atoms with Gasteiger partial charge in [-0.1, -0.05) is 41.1 Å². The van der Waals surface area contributed by atoms with Crippen molar-refractivity contribution in [3.05, 3.63) is 46.2 Å². The number of amides is 1. The zero-order chi connectivity index (χ0) is 17.0. The lowest BCUT2D eigenvalue weighted by molar-refractivity contribution is 0.0938. The molecule has 0 aliphatic carbocycles. The molecule has 0 radical (unpaired) electrons. The van der Waals surface area contributed by atoms with E-state index >= 15 is 0 Å². The van der Waals surface area contributed by atoms with Crippen LogP contribution in [0.3, 0.4) is 0 Å². The van der Waals surface area contributed by atoms with Gasteiger partial charge in [-0.25, -0.2) is 4.99 Å². The van der Waals surface area contributed by atoms with E-state index in [-0.39, 0.29) is 5.69 Å². The number of nitrogens with one attached hydrogen (secondary N) is 2. The van der Waals surface area contributed by atoms with Crippen molar-refractivity contribution in [2.24, 2.45) is 12.0 Å². The van der Waals surface area contributed by atoms with Crippen LogP contribution < -0.4 is 10.9 Å². The van der Waals surface area contributed by atoms with Crippen LogP contribution >= 0.6 is 23.4 Å². The largest absolute Gasteiger partial charge is 0.291 e. The summed E-state index contributed by atoms with van der Waals surface area (Å²) in [5.74, 6) is -0.413. The lowest BCUT2D eigenvalue weighted by atomic mass is 10.2. The third-order valence-corrected chi connectivity index (χ3v) is 4.25. The van der Waals surface area contributed by atoms with Gasteiger partial charge < -0.3 is 0 Å². The molecule has 0 aliphatic rings. The molecule has 23 heavy (non-hydrogen) atoms. The summed E-state index contributed by atoms with van der Waals surface area (Å²) in [6.07, 6.45) is 1.87. The fourth-order valence-electron chi connectivity index (χ4n) is 1.76. The number of benzene rings is 1. The highest BCUT2D eigenvalue weighted by atomic mass is 35.5. The second-order valence-electron chi connectivity index (χ2n) is 4.91. The molecule has 0 aliphatic heterocycles. The van der Waals surface area contributed by atoms with E-state index in [9.17, 15) is 4.79 Å². The van der Waals surface area contributed by atoms with Gasteiger partial charge in [0, 0.05) is 7.05 Å². The minimum Gasteiger partial charge on any atom is -0.276 e. The van der Waals surface area contributed by atoms with Crippen molar-refractivity contribution in [3.63, 3.8) is 0 Å². The Labute approximate surface area is 144 Å². The molecule has 2 aromatic rings. The summed E-state index contributed by atoms with van der Waals surface area (Å²) in [6, 6.07) is 7.78. The third kappa shape index (κ3) is 4.27. The molecule has 1 aromatic carbocycles. The van der Waals surface area contributed by atoms with Crippen LogP contribution in [0.1, 0.15) is 21.7 Å². The second kappa shape index (κ2) is 7.52. The first-order valence-corrected chi connectivity index (χ1v) is 8.47. The SMILES string of the molecule is CSC(=Nc1ccc(C)cc1)NNC(=O)c1nn(C)c(C)c1Cl. The van der Waals surface area contributed by atoms with Crippen LogP contribution in [-0.2, 0) is 7.05 Å². The van der Waals surface area contributed by atoms with Gasteiger partial charge >= 0.3 is 0 Å². The fraction of sp³-hybridized carbons (Fsp3) is 0.267. The van der Waals surface area contributed by atoms with Crippen molar-refractivity contribution < 1.29 is 4.79 Å². The Morgan fingerprint density at radius 3 is 2.43 bits per heavy atom. The van der Waals surface area contributed by atoms with Crippen LogP contribution in [0.5, 0.6) is 0 Å². The summed E-state index contributed by atoms with van der Waals surface area (Å²) in [4.78, 5) is 16.6. The molecule has 8 heteroatoms. The predicted octanol–water partition coefficient (Wildman–Crippen LogP) is 2.98. The molecule has 0 saturated carbocycles. The molecule has 1 amide bonds. The molecule has 0 bridgehead atoms. The first-order valence-electron chi connectivity index (χ1n) is 6.87. The first-order chi connectivity index (χ1) is 10.9. The Morgan fingerprint density at radius 2 is 1.91 bits per heavy atom. The normalized spacial score (nSPS) is 11.4. The van der Waals surface area contributed by atoms with Crippen LogP contribution in [0.2, 0.25) is 5.02 Å². The summed E-state index contributed by atoms with van der Waals surface area (Å²) in [6.45, 7) is 3.81. The molecule has 6 nitrogen and oxygen atoms in total. The van der Waals surface area contributed by atoms with Gasteiger partial charge in [-0.2, -0.15) is 5.10 Å².